The van der Waals surface area contributed by atoms with Gasteiger partial charge in [-0.05, 0) is 27.7 Å². The fourth-order valence-corrected chi connectivity index (χ4v) is 0.982. The van der Waals surface area contributed by atoms with Crippen molar-refractivity contribution in [2.75, 3.05) is 0 Å². The molecule has 0 aromatic carbocycles. The van der Waals surface area contributed by atoms with Crippen molar-refractivity contribution in [1.82, 2.24) is 10.4 Å². The SMILES string of the molecule is CC(C)N(NC(N)=O)C(C)C. The van der Waals surface area contributed by atoms with Crippen molar-refractivity contribution in [2.24, 2.45) is 5.73 Å². The van der Waals surface area contributed by atoms with Crippen molar-refractivity contribution >= 4 is 6.03 Å². The predicted octanol–water partition coefficient (Wildman–Crippen LogP) is 0.689. The molecule has 4 nitrogen and oxygen atoms in total. The molecule has 11 heavy (non-hydrogen) atoms. The van der Waals surface area contributed by atoms with Gasteiger partial charge in [0.1, 0.15) is 0 Å². The number of hydrogen-bond acceptors (Lipinski definition) is 2. The van der Waals surface area contributed by atoms with Crippen LogP contribution in [0.4, 0.5) is 4.79 Å². The minimum absolute atomic E-state index is 0.266. The Morgan fingerprint density at radius 2 is 1.64 bits per heavy atom. The van der Waals surface area contributed by atoms with Crippen LogP contribution in [0.2, 0.25) is 0 Å². The molecular formula is C7H17N3O. The van der Waals surface area contributed by atoms with E-state index in [0.717, 1.165) is 0 Å². The first-order valence-electron chi connectivity index (χ1n) is 3.79. The van der Waals surface area contributed by atoms with Gasteiger partial charge >= 0.3 is 6.03 Å². The largest absolute Gasteiger partial charge is 0.351 e. The van der Waals surface area contributed by atoms with Gasteiger partial charge in [0.15, 0.2) is 0 Å². The molecule has 0 heterocycles. The second kappa shape index (κ2) is 4.18. The summed E-state index contributed by atoms with van der Waals surface area (Å²) in [5, 5.41) is 1.81. The molecule has 0 saturated carbocycles. The topological polar surface area (TPSA) is 58.4 Å². The van der Waals surface area contributed by atoms with Crippen LogP contribution in [-0.4, -0.2) is 23.1 Å². The van der Waals surface area contributed by atoms with Crippen LogP contribution < -0.4 is 11.2 Å². The summed E-state index contributed by atoms with van der Waals surface area (Å²) in [6, 6.07) is 0.0254. The molecular weight excluding hydrogens is 142 g/mol. The summed E-state index contributed by atoms with van der Waals surface area (Å²) in [5.74, 6) is 0. The molecule has 4 heteroatoms. The van der Waals surface area contributed by atoms with E-state index >= 15 is 0 Å². The molecule has 0 unspecified atom stereocenters. The highest BCUT2D eigenvalue weighted by Crippen LogP contribution is 1.99. The van der Waals surface area contributed by atoms with E-state index < -0.39 is 6.03 Å². The lowest BCUT2D eigenvalue weighted by molar-refractivity contribution is 0.117. The van der Waals surface area contributed by atoms with Crippen LogP contribution in [0.25, 0.3) is 0 Å². The first-order chi connectivity index (χ1) is 4.95. The number of carbonyl (C=O) groups excluding carboxylic acids is 1. The normalized spacial score (nSPS) is 11.2. The van der Waals surface area contributed by atoms with Gasteiger partial charge in [-0.1, -0.05) is 0 Å². The number of carbonyl (C=O) groups is 1. The van der Waals surface area contributed by atoms with Gasteiger partial charge in [0.05, 0.1) is 0 Å². The minimum atomic E-state index is -0.507. The summed E-state index contributed by atoms with van der Waals surface area (Å²) in [6.07, 6.45) is 0. The number of urea groups is 1. The van der Waals surface area contributed by atoms with E-state index in [1.807, 2.05) is 32.7 Å². The van der Waals surface area contributed by atoms with E-state index in [2.05, 4.69) is 5.43 Å². The van der Waals surface area contributed by atoms with Gasteiger partial charge in [-0.2, -0.15) is 0 Å². The molecule has 0 rings (SSSR count). The number of rotatable bonds is 3. The highest BCUT2D eigenvalue weighted by molar-refractivity contribution is 5.71. The van der Waals surface area contributed by atoms with Crippen LogP contribution in [0.15, 0.2) is 0 Å². The summed E-state index contributed by atoms with van der Waals surface area (Å²) in [5.41, 5.74) is 7.53. The number of hydrazine groups is 1. The Morgan fingerprint density at radius 1 is 1.27 bits per heavy atom. The van der Waals surface area contributed by atoms with E-state index in [1.54, 1.807) is 0 Å². The highest BCUT2D eigenvalue weighted by atomic mass is 16.2. The molecule has 0 saturated heterocycles. The average Bonchev–Trinajstić information content (AvgIpc) is 1.81. The van der Waals surface area contributed by atoms with Crippen LogP contribution in [0.3, 0.4) is 0 Å². The van der Waals surface area contributed by atoms with E-state index in [9.17, 15) is 4.79 Å². The van der Waals surface area contributed by atoms with E-state index in [4.69, 9.17) is 5.73 Å². The maximum atomic E-state index is 10.5. The van der Waals surface area contributed by atoms with Gasteiger partial charge in [-0.15, -0.1) is 0 Å². The number of primary amides is 1. The number of nitrogens with two attached hydrogens (primary N) is 1. The number of hydrogen-bond donors (Lipinski definition) is 2. The maximum absolute atomic E-state index is 10.5. The quantitative estimate of drug-likeness (QED) is 0.595. The third-order valence-electron chi connectivity index (χ3n) is 1.35. The molecule has 0 bridgehead atoms. The Balaban J connectivity index is 4.00. The third kappa shape index (κ3) is 3.83. The second-order valence-corrected chi connectivity index (χ2v) is 3.07. The fourth-order valence-electron chi connectivity index (χ4n) is 0.982. The van der Waals surface area contributed by atoms with E-state index in [1.165, 1.54) is 0 Å². The van der Waals surface area contributed by atoms with Gasteiger partial charge in [-0.3, -0.25) is 5.43 Å². The molecule has 0 aromatic heterocycles. The Bertz CT molecular complexity index is 126. The standard InChI is InChI=1S/C7H17N3O/c1-5(2)10(6(3)4)9-7(8)11/h5-6H,1-4H3,(H3,8,9,11). The summed E-state index contributed by atoms with van der Waals surface area (Å²) in [4.78, 5) is 10.5. The molecule has 66 valence electrons. The first-order valence-corrected chi connectivity index (χ1v) is 3.79. The van der Waals surface area contributed by atoms with Gasteiger partial charge in [0, 0.05) is 12.1 Å². The van der Waals surface area contributed by atoms with Crippen LogP contribution in [0.1, 0.15) is 27.7 Å². The Morgan fingerprint density at radius 3 is 1.73 bits per heavy atom. The number of amides is 2. The van der Waals surface area contributed by atoms with Crippen molar-refractivity contribution in [3.05, 3.63) is 0 Å². The maximum Gasteiger partial charge on any atom is 0.326 e. The van der Waals surface area contributed by atoms with Crippen molar-refractivity contribution in [3.8, 4) is 0 Å². The summed E-state index contributed by atoms with van der Waals surface area (Å²) < 4.78 is 0. The average molecular weight is 159 g/mol. The minimum Gasteiger partial charge on any atom is -0.351 e. The Kier molecular flexibility index (Phi) is 3.89. The van der Waals surface area contributed by atoms with Crippen LogP contribution in [-0.2, 0) is 0 Å². The van der Waals surface area contributed by atoms with E-state index in [0.29, 0.717) is 0 Å². The summed E-state index contributed by atoms with van der Waals surface area (Å²) >= 11 is 0. The predicted molar refractivity (Wildman–Crippen MR) is 44.8 cm³/mol. The molecule has 0 atom stereocenters. The van der Waals surface area contributed by atoms with Gasteiger partial charge < -0.3 is 5.73 Å². The molecule has 0 aliphatic heterocycles. The van der Waals surface area contributed by atoms with Gasteiger partial charge in [0.2, 0.25) is 0 Å². The summed E-state index contributed by atoms with van der Waals surface area (Å²) in [7, 11) is 0. The lowest BCUT2D eigenvalue weighted by atomic mass is 10.3. The molecule has 2 amide bonds. The first kappa shape index (κ1) is 10.2. The monoisotopic (exact) mass is 159 g/mol. The Hall–Kier alpha value is -0.770. The fraction of sp³-hybridized carbons (Fsp3) is 0.857. The van der Waals surface area contributed by atoms with Crippen molar-refractivity contribution in [2.45, 2.75) is 39.8 Å². The molecule has 0 spiro atoms. The van der Waals surface area contributed by atoms with Crippen molar-refractivity contribution in [1.29, 1.82) is 0 Å². The zero-order chi connectivity index (χ0) is 9.02. The number of nitrogens with one attached hydrogen (secondary N) is 1. The molecule has 3 N–H and O–H groups in total. The van der Waals surface area contributed by atoms with Crippen molar-refractivity contribution < 1.29 is 4.79 Å². The lowest BCUT2D eigenvalue weighted by Gasteiger charge is -2.29. The molecule has 0 fully saturated rings. The lowest BCUT2D eigenvalue weighted by Crippen LogP contribution is -2.51. The second-order valence-electron chi connectivity index (χ2n) is 3.07. The van der Waals surface area contributed by atoms with Crippen LogP contribution >= 0.6 is 0 Å². The zero-order valence-corrected chi connectivity index (χ0v) is 7.59. The summed E-state index contributed by atoms with van der Waals surface area (Å²) in [6.45, 7) is 7.98. The number of nitrogens with zero attached hydrogens (tertiary/aromatic N) is 1. The molecule has 0 aliphatic rings. The molecule has 0 aromatic rings. The van der Waals surface area contributed by atoms with E-state index in [-0.39, 0.29) is 12.1 Å². The van der Waals surface area contributed by atoms with Gasteiger partial charge in [-0.25, -0.2) is 9.80 Å². The molecule has 0 aliphatic carbocycles. The van der Waals surface area contributed by atoms with Crippen LogP contribution in [0.5, 0.6) is 0 Å². The third-order valence-corrected chi connectivity index (χ3v) is 1.35. The van der Waals surface area contributed by atoms with Crippen LogP contribution in [0, 0.1) is 0 Å². The van der Waals surface area contributed by atoms with Gasteiger partial charge in [0.25, 0.3) is 0 Å². The zero-order valence-electron chi connectivity index (χ0n) is 7.59. The molecule has 0 radical (unpaired) electrons. The smallest absolute Gasteiger partial charge is 0.326 e. The highest BCUT2D eigenvalue weighted by Gasteiger charge is 2.13. The Labute approximate surface area is 67.7 Å². The van der Waals surface area contributed by atoms with Crippen molar-refractivity contribution in [3.63, 3.8) is 0 Å².